The average Bonchev–Trinajstić information content (AvgIpc) is 3.03. The molecule has 2 aromatic carbocycles. The molecule has 0 fully saturated rings. The van der Waals surface area contributed by atoms with Crippen LogP contribution in [-0.4, -0.2) is 32.4 Å². The Morgan fingerprint density at radius 3 is 2.68 bits per heavy atom. The van der Waals surface area contributed by atoms with E-state index in [0.717, 1.165) is 46.9 Å². The molecule has 7 heteroatoms. The predicted molar refractivity (Wildman–Crippen MR) is 106 cm³/mol. The minimum absolute atomic E-state index is 0.0823. The van der Waals surface area contributed by atoms with Gasteiger partial charge in [0.2, 0.25) is 5.91 Å². The first-order valence-corrected chi connectivity index (χ1v) is 9.14. The van der Waals surface area contributed by atoms with Crippen molar-refractivity contribution in [1.82, 2.24) is 14.7 Å². The molecule has 4 rings (SSSR count). The van der Waals surface area contributed by atoms with Crippen LogP contribution in [0.3, 0.4) is 0 Å². The van der Waals surface area contributed by atoms with Crippen molar-refractivity contribution < 1.29 is 14.9 Å². The third-order valence-electron chi connectivity index (χ3n) is 5.11. The number of nitrogens with zero attached hydrogens (tertiary/aromatic N) is 3. The lowest BCUT2D eigenvalue weighted by Crippen LogP contribution is -2.34. The number of amides is 1. The van der Waals surface area contributed by atoms with Gasteiger partial charge >= 0.3 is 0 Å². The van der Waals surface area contributed by atoms with Gasteiger partial charge in [-0.3, -0.25) is 9.48 Å². The smallest absolute Gasteiger partial charge is 0.219 e. The second-order valence-electron chi connectivity index (χ2n) is 6.91. The first kappa shape index (κ1) is 18.1. The number of anilines is 2. The molecule has 0 unspecified atom stereocenters. The molecule has 28 heavy (non-hydrogen) atoms. The van der Waals surface area contributed by atoms with E-state index in [0.29, 0.717) is 12.3 Å². The van der Waals surface area contributed by atoms with Gasteiger partial charge in [-0.2, -0.15) is 5.10 Å². The lowest BCUT2D eigenvalue weighted by Gasteiger charge is -2.26. The molecule has 0 atom stereocenters. The summed E-state index contributed by atoms with van der Waals surface area (Å²) in [5, 5.41) is 16.8. The van der Waals surface area contributed by atoms with Crippen LogP contribution in [-0.2, 0) is 24.8 Å². The molecular formula is C21H22N4O3. The fourth-order valence-corrected chi connectivity index (χ4v) is 3.58. The Bertz CT molecular complexity index is 1010. The molecule has 0 bridgehead atoms. The topological polar surface area (TPSA) is 79.6 Å². The van der Waals surface area contributed by atoms with Gasteiger partial charge in [0.1, 0.15) is 0 Å². The van der Waals surface area contributed by atoms with Crippen molar-refractivity contribution in [2.75, 3.05) is 11.9 Å². The number of aryl methyl sites for hydroxylation is 1. The van der Waals surface area contributed by atoms with Gasteiger partial charge in [0, 0.05) is 43.9 Å². The van der Waals surface area contributed by atoms with Crippen LogP contribution >= 0.6 is 0 Å². The number of fused-ring (bicyclic) bond motifs is 1. The van der Waals surface area contributed by atoms with Crippen molar-refractivity contribution in [3.8, 4) is 16.9 Å². The Labute approximate surface area is 163 Å². The van der Waals surface area contributed by atoms with E-state index >= 15 is 0 Å². The van der Waals surface area contributed by atoms with Crippen LogP contribution in [0.25, 0.3) is 11.1 Å². The monoisotopic (exact) mass is 378 g/mol. The molecule has 7 nitrogen and oxygen atoms in total. The molecule has 2 heterocycles. The number of hydrogen-bond donors (Lipinski definition) is 2. The maximum Gasteiger partial charge on any atom is 0.219 e. The molecule has 1 aliphatic heterocycles. The van der Waals surface area contributed by atoms with Crippen molar-refractivity contribution >= 4 is 17.4 Å². The zero-order chi connectivity index (χ0) is 19.7. The fourth-order valence-electron chi connectivity index (χ4n) is 3.58. The Morgan fingerprint density at radius 2 is 1.96 bits per heavy atom. The second kappa shape index (κ2) is 7.36. The third kappa shape index (κ3) is 3.44. The highest BCUT2D eigenvalue weighted by Crippen LogP contribution is 2.30. The average molecular weight is 378 g/mol. The van der Waals surface area contributed by atoms with Gasteiger partial charge in [-0.15, -0.1) is 0 Å². The summed E-state index contributed by atoms with van der Waals surface area (Å²) in [4.78, 5) is 17.9. The van der Waals surface area contributed by atoms with Crippen LogP contribution in [0.5, 0.6) is 5.75 Å². The van der Waals surface area contributed by atoms with E-state index in [-0.39, 0.29) is 5.91 Å². The molecule has 1 amide bonds. The lowest BCUT2D eigenvalue weighted by molar-refractivity contribution is -0.137. The summed E-state index contributed by atoms with van der Waals surface area (Å²) >= 11 is 0. The van der Waals surface area contributed by atoms with Gasteiger partial charge in [0.15, 0.2) is 11.6 Å². The lowest BCUT2D eigenvalue weighted by atomic mass is 10.0. The number of carbonyl (C=O) groups is 1. The Balaban J connectivity index is 1.56. The summed E-state index contributed by atoms with van der Waals surface area (Å²) in [6.07, 6.45) is 0.808. The molecule has 0 spiro atoms. The van der Waals surface area contributed by atoms with Gasteiger partial charge in [0.25, 0.3) is 0 Å². The third-order valence-corrected chi connectivity index (χ3v) is 5.11. The van der Waals surface area contributed by atoms with Crippen LogP contribution in [0.15, 0.2) is 48.5 Å². The maximum atomic E-state index is 11.8. The van der Waals surface area contributed by atoms with Crippen molar-refractivity contribution in [1.29, 1.82) is 0 Å². The number of aromatic nitrogens is 2. The fraction of sp³-hybridized carbons (Fsp3) is 0.238. The Hall–Kier alpha value is -3.32. The molecular weight excluding hydrogens is 356 g/mol. The Kier molecular flexibility index (Phi) is 4.75. The summed E-state index contributed by atoms with van der Waals surface area (Å²) < 4.78 is 1.89. The van der Waals surface area contributed by atoms with Crippen molar-refractivity contribution in [2.24, 2.45) is 7.05 Å². The normalized spacial score (nSPS) is 13.2. The first-order valence-electron chi connectivity index (χ1n) is 9.14. The summed E-state index contributed by atoms with van der Waals surface area (Å²) in [5.41, 5.74) is 5.11. The molecule has 1 aliphatic rings. The highest BCUT2D eigenvalue weighted by molar-refractivity contribution is 5.74. The van der Waals surface area contributed by atoms with Gasteiger partial charge < -0.3 is 15.1 Å². The highest BCUT2D eigenvalue weighted by atomic mass is 17.1. The molecule has 2 N–H and O–H groups in total. The Morgan fingerprint density at radius 1 is 1.18 bits per heavy atom. The summed E-state index contributed by atoms with van der Waals surface area (Å²) in [6.45, 7) is 2.91. The van der Waals surface area contributed by atoms with Crippen LogP contribution in [0.1, 0.15) is 18.2 Å². The van der Waals surface area contributed by atoms with Crippen molar-refractivity contribution in [3.05, 3.63) is 59.8 Å². The summed E-state index contributed by atoms with van der Waals surface area (Å²) in [5.74, 6) is 1.26. The molecule has 0 saturated carbocycles. The van der Waals surface area contributed by atoms with E-state index in [2.05, 4.69) is 15.3 Å². The summed E-state index contributed by atoms with van der Waals surface area (Å²) in [6, 6.07) is 15.2. The van der Waals surface area contributed by atoms with E-state index in [1.165, 1.54) is 0 Å². The molecule has 3 aromatic rings. The van der Waals surface area contributed by atoms with Gasteiger partial charge in [0.05, 0.1) is 6.54 Å². The number of rotatable bonds is 4. The molecule has 1 aromatic heterocycles. The first-order chi connectivity index (χ1) is 13.5. The zero-order valence-corrected chi connectivity index (χ0v) is 15.8. The van der Waals surface area contributed by atoms with Gasteiger partial charge in [-0.05, 0) is 35.4 Å². The minimum atomic E-state index is 0.0823. The predicted octanol–water partition coefficient (Wildman–Crippen LogP) is 3.59. The SMILES string of the molecule is CC(=O)N1CCc2c(c(Nc3ccc(-c4cccc(OO)c4)cc3)nn2C)C1. The van der Waals surface area contributed by atoms with Crippen LogP contribution in [0, 0.1) is 0 Å². The van der Waals surface area contributed by atoms with Crippen LogP contribution in [0.4, 0.5) is 11.5 Å². The number of carbonyl (C=O) groups excluding carboxylic acids is 1. The van der Waals surface area contributed by atoms with E-state index in [9.17, 15) is 4.79 Å². The summed E-state index contributed by atoms with van der Waals surface area (Å²) in [7, 11) is 1.94. The molecule has 0 radical (unpaired) electrons. The number of benzene rings is 2. The van der Waals surface area contributed by atoms with Gasteiger partial charge in [-0.25, -0.2) is 5.26 Å². The second-order valence-corrected chi connectivity index (χ2v) is 6.91. The maximum absolute atomic E-state index is 11.8. The molecule has 144 valence electrons. The molecule has 0 aliphatic carbocycles. The van der Waals surface area contributed by atoms with Crippen LogP contribution in [0.2, 0.25) is 0 Å². The minimum Gasteiger partial charge on any atom is -0.340 e. The van der Waals surface area contributed by atoms with E-state index in [4.69, 9.17) is 5.26 Å². The number of hydrogen-bond acceptors (Lipinski definition) is 5. The van der Waals surface area contributed by atoms with Crippen molar-refractivity contribution in [3.63, 3.8) is 0 Å². The van der Waals surface area contributed by atoms with E-state index in [1.54, 1.807) is 19.1 Å². The quantitative estimate of drug-likeness (QED) is 0.536. The van der Waals surface area contributed by atoms with Gasteiger partial charge in [-0.1, -0.05) is 24.3 Å². The largest absolute Gasteiger partial charge is 0.340 e. The van der Waals surface area contributed by atoms with E-state index in [1.807, 2.05) is 53.0 Å². The molecule has 0 saturated heterocycles. The van der Waals surface area contributed by atoms with E-state index < -0.39 is 0 Å². The standard InChI is InChI=1S/C21H22N4O3/c1-14(26)25-11-10-20-19(13-25)21(23-24(20)2)22-17-8-6-15(7-9-17)16-4-3-5-18(12-16)28-27/h3-9,12,27H,10-11,13H2,1-2H3,(H,22,23). The number of nitrogens with one attached hydrogen (secondary N) is 1. The zero-order valence-electron chi connectivity index (χ0n) is 15.8. The van der Waals surface area contributed by atoms with Crippen molar-refractivity contribution in [2.45, 2.75) is 19.9 Å². The van der Waals surface area contributed by atoms with Crippen LogP contribution < -0.4 is 10.2 Å². The highest BCUT2D eigenvalue weighted by Gasteiger charge is 2.25.